The predicted molar refractivity (Wildman–Crippen MR) is 56.3 cm³/mol. The summed E-state index contributed by atoms with van der Waals surface area (Å²) < 4.78 is 0. The summed E-state index contributed by atoms with van der Waals surface area (Å²) in [5.74, 6) is 0. The molecule has 0 spiro atoms. The normalized spacial score (nSPS) is 17.1. The van der Waals surface area contributed by atoms with E-state index in [-0.39, 0.29) is 0 Å². The average molecular weight is 173 g/mol. The third-order valence-electron chi connectivity index (χ3n) is 2.44. The van der Waals surface area contributed by atoms with Crippen LogP contribution < -0.4 is 5.32 Å². The van der Waals surface area contributed by atoms with Gasteiger partial charge in [-0.3, -0.25) is 0 Å². The van der Waals surface area contributed by atoms with Gasteiger partial charge in [-0.25, -0.2) is 0 Å². The number of nitrogens with one attached hydrogen (secondary N) is 1. The van der Waals surface area contributed by atoms with Crippen LogP contribution in [0.3, 0.4) is 0 Å². The molecule has 1 aromatic carbocycles. The fourth-order valence-electron chi connectivity index (χ4n) is 1.69. The second-order valence-corrected chi connectivity index (χ2v) is 3.45. The van der Waals surface area contributed by atoms with Crippen molar-refractivity contribution in [3.05, 3.63) is 42.1 Å². The van der Waals surface area contributed by atoms with Gasteiger partial charge < -0.3 is 5.32 Å². The van der Waals surface area contributed by atoms with Gasteiger partial charge in [-0.15, -0.1) is 0 Å². The SMILES string of the molecule is C1=C(c2ccccc2)CCCCN1. The minimum absolute atomic E-state index is 1.12. The lowest BCUT2D eigenvalue weighted by Crippen LogP contribution is -2.04. The van der Waals surface area contributed by atoms with Crippen LogP contribution in [0.4, 0.5) is 0 Å². The van der Waals surface area contributed by atoms with E-state index >= 15 is 0 Å². The molecule has 13 heavy (non-hydrogen) atoms. The van der Waals surface area contributed by atoms with Crippen molar-refractivity contribution < 1.29 is 0 Å². The first-order valence-corrected chi connectivity index (χ1v) is 4.95. The van der Waals surface area contributed by atoms with Gasteiger partial charge in [0.25, 0.3) is 0 Å². The highest BCUT2D eigenvalue weighted by Gasteiger charge is 2.03. The Labute approximate surface area is 79.5 Å². The van der Waals surface area contributed by atoms with Crippen LogP contribution in [0, 0.1) is 0 Å². The number of hydrogen-bond donors (Lipinski definition) is 1. The summed E-state index contributed by atoms with van der Waals surface area (Å²) in [6.45, 7) is 1.12. The fraction of sp³-hybridized carbons (Fsp3) is 0.333. The molecule has 0 radical (unpaired) electrons. The van der Waals surface area contributed by atoms with Crippen LogP contribution in [0.2, 0.25) is 0 Å². The standard InChI is InChI=1S/C12H15N/c1-2-6-11(7-3-1)12-8-4-5-9-13-10-12/h1-3,6-7,10,13H,4-5,8-9H2. The fourth-order valence-corrected chi connectivity index (χ4v) is 1.69. The van der Waals surface area contributed by atoms with Crippen LogP contribution in [0.25, 0.3) is 5.57 Å². The lowest BCUT2D eigenvalue weighted by Gasteiger charge is -2.03. The average Bonchev–Trinajstić information content (AvgIpc) is 2.47. The molecular weight excluding hydrogens is 158 g/mol. The van der Waals surface area contributed by atoms with E-state index in [1.54, 1.807) is 0 Å². The van der Waals surface area contributed by atoms with Crippen molar-refractivity contribution >= 4 is 5.57 Å². The van der Waals surface area contributed by atoms with Crippen LogP contribution in [0.5, 0.6) is 0 Å². The summed E-state index contributed by atoms with van der Waals surface area (Å²) in [5.41, 5.74) is 2.80. The first-order valence-electron chi connectivity index (χ1n) is 4.95. The minimum Gasteiger partial charge on any atom is -0.391 e. The van der Waals surface area contributed by atoms with Gasteiger partial charge in [0.15, 0.2) is 0 Å². The number of rotatable bonds is 1. The Balaban J connectivity index is 2.19. The Morgan fingerprint density at radius 1 is 1.00 bits per heavy atom. The third kappa shape index (κ3) is 2.11. The molecule has 0 aromatic heterocycles. The van der Waals surface area contributed by atoms with E-state index in [9.17, 15) is 0 Å². The van der Waals surface area contributed by atoms with Gasteiger partial charge >= 0.3 is 0 Å². The molecule has 1 aromatic rings. The Bertz CT molecular complexity index is 287. The van der Waals surface area contributed by atoms with Gasteiger partial charge in [0.1, 0.15) is 0 Å². The van der Waals surface area contributed by atoms with E-state index in [0.717, 1.165) is 6.54 Å². The van der Waals surface area contributed by atoms with Crippen LogP contribution in [-0.4, -0.2) is 6.54 Å². The molecule has 2 rings (SSSR count). The van der Waals surface area contributed by atoms with E-state index in [1.807, 2.05) is 0 Å². The zero-order chi connectivity index (χ0) is 8.93. The lowest BCUT2D eigenvalue weighted by atomic mass is 10.0. The van der Waals surface area contributed by atoms with Gasteiger partial charge in [0, 0.05) is 12.7 Å². The first kappa shape index (κ1) is 8.36. The van der Waals surface area contributed by atoms with Crippen LogP contribution in [0.1, 0.15) is 24.8 Å². The van der Waals surface area contributed by atoms with Gasteiger partial charge in [0.05, 0.1) is 0 Å². The maximum absolute atomic E-state index is 3.33. The van der Waals surface area contributed by atoms with E-state index in [0.29, 0.717) is 0 Å². The second kappa shape index (κ2) is 4.13. The van der Waals surface area contributed by atoms with Crippen molar-refractivity contribution in [1.29, 1.82) is 0 Å². The van der Waals surface area contributed by atoms with Crippen LogP contribution >= 0.6 is 0 Å². The van der Waals surface area contributed by atoms with Crippen molar-refractivity contribution in [3.63, 3.8) is 0 Å². The van der Waals surface area contributed by atoms with Crippen LogP contribution in [0.15, 0.2) is 36.5 Å². The molecule has 1 N–H and O–H groups in total. The monoisotopic (exact) mass is 173 g/mol. The number of allylic oxidation sites excluding steroid dienone is 1. The molecule has 0 atom stereocenters. The highest BCUT2D eigenvalue weighted by atomic mass is 14.8. The molecule has 0 bridgehead atoms. The third-order valence-corrected chi connectivity index (χ3v) is 2.44. The molecule has 0 saturated carbocycles. The first-order chi connectivity index (χ1) is 6.47. The van der Waals surface area contributed by atoms with Crippen molar-refractivity contribution in [2.24, 2.45) is 0 Å². The molecule has 1 aliphatic rings. The second-order valence-electron chi connectivity index (χ2n) is 3.45. The number of hydrogen-bond acceptors (Lipinski definition) is 1. The van der Waals surface area contributed by atoms with E-state index < -0.39 is 0 Å². The van der Waals surface area contributed by atoms with E-state index in [4.69, 9.17) is 0 Å². The van der Waals surface area contributed by atoms with Crippen molar-refractivity contribution in [3.8, 4) is 0 Å². The lowest BCUT2D eigenvalue weighted by molar-refractivity contribution is 0.732. The summed E-state index contributed by atoms with van der Waals surface area (Å²) in [6.07, 6.45) is 5.96. The Kier molecular flexibility index (Phi) is 2.65. The maximum atomic E-state index is 3.33. The summed E-state index contributed by atoms with van der Waals surface area (Å²) in [6, 6.07) is 10.6. The molecule has 1 nitrogen and oxygen atoms in total. The van der Waals surface area contributed by atoms with Crippen molar-refractivity contribution in [2.75, 3.05) is 6.54 Å². The van der Waals surface area contributed by atoms with Crippen molar-refractivity contribution in [2.45, 2.75) is 19.3 Å². The molecule has 0 saturated heterocycles. The predicted octanol–water partition coefficient (Wildman–Crippen LogP) is 2.80. The molecule has 1 heteroatoms. The topological polar surface area (TPSA) is 12.0 Å². The summed E-state index contributed by atoms with van der Waals surface area (Å²) in [7, 11) is 0. The molecule has 68 valence electrons. The Morgan fingerprint density at radius 3 is 2.69 bits per heavy atom. The highest BCUT2D eigenvalue weighted by molar-refractivity contribution is 5.65. The minimum atomic E-state index is 1.12. The molecule has 1 aliphatic heterocycles. The summed E-state index contributed by atoms with van der Waals surface area (Å²) >= 11 is 0. The van der Waals surface area contributed by atoms with Gasteiger partial charge in [-0.1, -0.05) is 30.3 Å². The van der Waals surface area contributed by atoms with Crippen molar-refractivity contribution in [1.82, 2.24) is 5.32 Å². The Morgan fingerprint density at radius 2 is 1.85 bits per heavy atom. The quantitative estimate of drug-likeness (QED) is 0.688. The number of benzene rings is 1. The maximum Gasteiger partial charge on any atom is 0.0141 e. The highest BCUT2D eigenvalue weighted by Crippen LogP contribution is 2.20. The van der Waals surface area contributed by atoms with Gasteiger partial charge in [-0.05, 0) is 30.4 Å². The molecular formula is C12H15N. The van der Waals surface area contributed by atoms with E-state index in [2.05, 4.69) is 41.8 Å². The molecule has 0 aliphatic carbocycles. The van der Waals surface area contributed by atoms with Crippen LogP contribution in [-0.2, 0) is 0 Å². The van der Waals surface area contributed by atoms with E-state index in [1.165, 1.54) is 30.4 Å². The molecule has 0 fully saturated rings. The smallest absolute Gasteiger partial charge is 0.0141 e. The summed E-state index contributed by atoms with van der Waals surface area (Å²) in [5, 5.41) is 3.33. The molecule has 0 amide bonds. The zero-order valence-corrected chi connectivity index (χ0v) is 7.79. The Hall–Kier alpha value is -1.24. The molecule has 0 unspecified atom stereocenters. The van der Waals surface area contributed by atoms with Gasteiger partial charge in [-0.2, -0.15) is 0 Å². The largest absolute Gasteiger partial charge is 0.391 e. The zero-order valence-electron chi connectivity index (χ0n) is 7.79. The molecule has 1 heterocycles. The summed E-state index contributed by atoms with van der Waals surface area (Å²) in [4.78, 5) is 0. The van der Waals surface area contributed by atoms with Gasteiger partial charge in [0.2, 0.25) is 0 Å².